The second kappa shape index (κ2) is 6.33. The standard InChI is InChI=1S/C17H18ClFN2O3/c1-5-17(9-21(10-17)15(22)24-16(2,3)4)23-14-7-12(18)13(19)6-11(14)8-20/h5-7H,1,9-10H2,2-4H3. The number of rotatable bonds is 3. The van der Waals surface area contributed by atoms with Crippen LogP contribution in [0.4, 0.5) is 9.18 Å². The number of hydrogen-bond acceptors (Lipinski definition) is 4. The minimum Gasteiger partial charge on any atom is -0.478 e. The van der Waals surface area contributed by atoms with Gasteiger partial charge in [0.25, 0.3) is 0 Å². The van der Waals surface area contributed by atoms with Crippen LogP contribution in [-0.2, 0) is 4.74 Å². The highest BCUT2D eigenvalue weighted by Gasteiger charge is 2.47. The van der Waals surface area contributed by atoms with Crippen molar-refractivity contribution in [3.05, 3.63) is 41.2 Å². The number of ether oxygens (including phenoxy) is 2. The molecule has 0 aromatic heterocycles. The lowest BCUT2D eigenvalue weighted by atomic mass is 9.94. The van der Waals surface area contributed by atoms with Gasteiger partial charge in [-0.25, -0.2) is 9.18 Å². The highest BCUT2D eigenvalue weighted by atomic mass is 35.5. The summed E-state index contributed by atoms with van der Waals surface area (Å²) in [5.41, 5.74) is -1.44. The molecule has 1 saturated heterocycles. The van der Waals surface area contributed by atoms with Crippen LogP contribution in [0.25, 0.3) is 0 Å². The van der Waals surface area contributed by atoms with E-state index >= 15 is 0 Å². The third-order valence-corrected chi connectivity index (χ3v) is 3.69. The van der Waals surface area contributed by atoms with Crippen LogP contribution in [0.15, 0.2) is 24.8 Å². The van der Waals surface area contributed by atoms with Crippen molar-refractivity contribution in [1.29, 1.82) is 5.26 Å². The predicted octanol–water partition coefficient (Wildman–Crippen LogP) is 3.91. The van der Waals surface area contributed by atoms with Gasteiger partial charge in [-0.05, 0) is 32.9 Å². The summed E-state index contributed by atoms with van der Waals surface area (Å²) < 4.78 is 24.6. The van der Waals surface area contributed by atoms with E-state index in [1.165, 1.54) is 11.0 Å². The lowest BCUT2D eigenvalue weighted by Crippen LogP contribution is -2.65. The number of hydrogen-bond donors (Lipinski definition) is 0. The van der Waals surface area contributed by atoms with Crippen LogP contribution in [0.3, 0.4) is 0 Å². The Morgan fingerprint density at radius 2 is 2.12 bits per heavy atom. The fourth-order valence-electron chi connectivity index (χ4n) is 2.21. The van der Waals surface area contributed by atoms with E-state index in [-0.39, 0.29) is 29.4 Å². The number of benzene rings is 1. The van der Waals surface area contributed by atoms with Crippen LogP contribution < -0.4 is 4.74 Å². The minimum atomic E-state index is -0.871. The molecule has 0 aliphatic carbocycles. The van der Waals surface area contributed by atoms with Gasteiger partial charge < -0.3 is 9.47 Å². The molecule has 0 bridgehead atoms. The van der Waals surface area contributed by atoms with E-state index in [9.17, 15) is 9.18 Å². The zero-order valence-corrected chi connectivity index (χ0v) is 14.5. The molecular weight excluding hydrogens is 335 g/mol. The summed E-state index contributed by atoms with van der Waals surface area (Å²) in [6.07, 6.45) is 1.09. The summed E-state index contributed by atoms with van der Waals surface area (Å²) >= 11 is 5.75. The van der Waals surface area contributed by atoms with E-state index in [0.717, 1.165) is 6.07 Å². The zero-order chi connectivity index (χ0) is 18.1. The first-order valence-electron chi connectivity index (χ1n) is 7.29. The number of likely N-dealkylation sites (tertiary alicyclic amines) is 1. The van der Waals surface area contributed by atoms with Crippen LogP contribution in [0, 0.1) is 17.1 Å². The van der Waals surface area contributed by atoms with Gasteiger partial charge in [0.1, 0.15) is 23.2 Å². The van der Waals surface area contributed by atoms with Gasteiger partial charge >= 0.3 is 6.09 Å². The normalized spacial score (nSPS) is 15.9. The van der Waals surface area contributed by atoms with Crippen LogP contribution >= 0.6 is 11.6 Å². The molecule has 1 aromatic carbocycles. The van der Waals surface area contributed by atoms with Crippen molar-refractivity contribution in [2.75, 3.05) is 13.1 Å². The van der Waals surface area contributed by atoms with Gasteiger partial charge in [-0.2, -0.15) is 5.26 Å². The molecule has 5 nitrogen and oxygen atoms in total. The molecule has 7 heteroatoms. The van der Waals surface area contributed by atoms with Gasteiger partial charge in [0.2, 0.25) is 0 Å². The third-order valence-electron chi connectivity index (χ3n) is 3.40. The monoisotopic (exact) mass is 352 g/mol. The summed E-state index contributed by atoms with van der Waals surface area (Å²) in [4.78, 5) is 13.5. The molecule has 128 valence electrons. The van der Waals surface area contributed by atoms with Crippen LogP contribution in [0.5, 0.6) is 5.75 Å². The molecule has 1 heterocycles. The zero-order valence-electron chi connectivity index (χ0n) is 13.7. The number of halogens is 2. The Labute approximate surface area is 145 Å². The van der Waals surface area contributed by atoms with E-state index in [4.69, 9.17) is 26.3 Å². The molecule has 2 rings (SSSR count). The van der Waals surface area contributed by atoms with Gasteiger partial charge in [-0.3, -0.25) is 4.90 Å². The topological polar surface area (TPSA) is 62.6 Å². The number of nitriles is 1. The molecule has 0 radical (unpaired) electrons. The van der Waals surface area contributed by atoms with Gasteiger partial charge in [-0.1, -0.05) is 18.2 Å². The Morgan fingerprint density at radius 3 is 2.62 bits per heavy atom. The third kappa shape index (κ3) is 3.80. The molecule has 1 aliphatic heterocycles. The first-order chi connectivity index (χ1) is 11.1. The fourth-order valence-corrected chi connectivity index (χ4v) is 2.36. The Bertz CT molecular complexity index is 716. The van der Waals surface area contributed by atoms with Crippen molar-refractivity contribution in [1.82, 2.24) is 4.90 Å². The number of carbonyl (C=O) groups is 1. The molecule has 0 unspecified atom stereocenters. The van der Waals surface area contributed by atoms with Crippen molar-refractivity contribution in [3.63, 3.8) is 0 Å². The summed E-state index contributed by atoms with van der Waals surface area (Å²) in [7, 11) is 0. The average Bonchev–Trinajstić information content (AvgIpc) is 2.43. The average molecular weight is 353 g/mol. The first-order valence-corrected chi connectivity index (χ1v) is 7.66. The largest absolute Gasteiger partial charge is 0.478 e. The van der Waals surface area contributed by atoms with E-state index in [2.05, 4.69) is 6.58 Å². The summed E-state index contributed by atoms with van der Waals surface area (Å²) in [6, 6.07) is 4.12. The summed E-state index contributed by atoms with van der Waals surface area (Å²) in [5, 5.41) is 8.96. The molecule has 24 heavy (non-hydrogen) atoms. The quantitative estimate of drug-likeness (QED) is 0.774. The molecule has 1 aromatic rings. The van der Waals surface area contributed by atoms with Crippen LogP contribution in [0.2, 0.25) is 5.02 Å². The predicted molar refractivity (Wildman–Crippen MR) is 87.5 cm³/mol. The van der Waals surface area contributed by atoms with Crippen LogP contribution in [0.1, 0.15) is 26.3 Å². The SMILES string of the molecule is C=CC1(Oc2cc(Cl)c(F)cc2C#N)CN(C(=O)OC(C)(C)C)C1. The molecule has 0 spiro atoms. The Hall–Kier alpha value is -2.26. The van der Waals surface area contributed by atoms with Gasteiger partial charge in [0.15, 0.2) is 5.60 Å². The Morgan fingerprint density at radius 1 is 1.50 bits per heavy atom. The Kier molecular flexibility index (Phi) is 4.77. The maximum atomic E-state index is 13.5. The van der Waals surface area contributed by atoms with Crippen molar-refractivity contribution in [2.45, 2.75) is 32.0 Å². The minimum absolute atomic E-state index is 0.0221. The maximum Gasteiger partial charge on any atom is 0.410 e. The van der Waals surface area contributed by atoms with E-state index < -0.39 is 23.1 Å². The molecule has 0 saturated carbocycles. The van der Waals surface area contributed by atoms with Gasteiger partial charge in [0, 0.05) is 6.07 Å². The van der Waals surface area contributed by atoms with Gasteiger partial charge in [0.05, 0.1) is 23.7 Å². The van der Waals surface area contributed by atoms with Gasteiger partial charge in [-0.15, -0.1) is 0 Å². The second-order valence-corrected chi connectivity index (χ2v) is 6.99. The number of nitrogens with zero attached hydrogens (tertiary/aromatic N) is 2. The van der Waals surface area contributed by atoms with Crippen molar-refractivity contribution in [3.8, 4) is 11.8 Å². The Balaban J connectivity index is 2.13. The van der Waals surface area contributed by atoms with Crippen LogP contribution in [-0.4, -0.2) is 35.3 Å². The van der Waals surface area contributed by atoms with E-state index in [0.29, 0.717) is 0 Å². The molecule has 1 fully saturated rings. The molecule has 0 atom stereocenters. The lowest BCUT2D eigenvalue weighted by Gasteiger charge is -2.47. The van der Waals surface area contributed by atoms with Crippen molar-refractivity contribution >= 4 is 17.7 Å². The fraction of sp³-hybridized carbons (Fsp3) is 0.412. The molecule has 1 amide bonds. The molecule has 1 aliphatic rings. The van der Waals surface area contributed by atoms with E-state index in [1.807, 2.05) is 6.07 Å². The highest BCUT2D eigenvalue weighted by Crippen LogP contribution is 2.34. The van der Waals surface area contributed by atoms with E-state index in [1.54, 1.807) is 26.8 Å². The van der Waals surface area contributed by atoms with Crippen molar-refractivity contribution in [2.24, 2.45) is 0 Å². The van der Waals surface area contributed by atoms with Crippen molar-refractivity contribution < 1.29 is 18.7 Å². The smallest absolute Gasteiger partial charge is 0.410 e. The number of amides is 1. The second-order valence-electron chi connectivity index (χ2n) is 6.58. The first kappa shape index (κ1) is 18.1. The lowest BCUT2D eigenvalue weighted by molar-refractivity contribution is -0.0555. The molecular formula is C17H18ClFN2O3. The summed E-state index contributed by atoms with van der Waals surface area (Å²) in [6.45, 7) is 9.49. The maximum absolute atomic E-state index is 13.5. The number of carbonyl (C=O) groups excluding carboxylic acids is 1. The summed E-state index contributed by atoms with van der Waals surface area (Å²) in [5.74, 6) is -0.551. The highest BCUT2D eigenvalue weighted by molar-refractivity contribution is 6.30. The molecule has 0 N–H and O–H groups in total.